The lowest BCUT2D eigenvalue weighted by molar-refractivity contribution is -0.149. The number of rotatable bonds is 0. The predicted molar refractivity (Wildman–Crippen MR) is 66.1 cm³/mol. The molecule has 0 amide bonds. The molecule has 2 nitrogen and oxygen atoms in total. The maximum Gasteiger partial charge on any atom is 0.308 e. The van der Waals surface area contributed by atoms with E-state index in [4.69, 9.17) is 4.74 Å². The van der Waals surface area contributed by atoms with Gasteiger partial charge in [-0.1, -0.05) is 25.5 Å². The molecule has 0 fully saturated rings. The summed E-state index contributed by atoms with van der Waals surface area (Å²) in [6, 6.07) is 0. The number of hydrogen-bond acceptors (Lipinski definition) is 2. The minimum atomic E-state index is -0.0194. The molecule has 0 aliphatic carbocycles. The summed E-state index contributed by atoms with van der Waals surface area (Å²) in [5.41, 5.74) is 1.47. The molecule has 0 saturated heterocycles. The van der Waals surface area contributed by atoms with Crippen LogP contribution in [0.4, 0.5) is 0 Å². The predicted octanol–water partition coefficient (Wildman–Crippen LogP) is 3.71. The molecule has 0 spiro atoms. The van der Waals surface area contributed by atoms with Crippen LogP contribution in [-0.4, -0.2) is 12.6 Å². The molecule has 0 radical (unpaired) electrons. The van der Waals surface area contributed by atoms with E-state index in [1.54, 1.807) is 0 Å². The van der Waals surface area contributed by atoms with Crippen LogP contribution in [0, 0.1) is 11.8 Å². The van der Waals surface area contributed by atoms with E-state index in [9.17, 15) is 4.79 Å². The Balaban J connectivity index is 2.54. The molecule has 1 heterocycles. The molecule has 1 rings (SSSR count). The fraction of sp³-hybridized carbons (Fsp3) is 0.786. The van der Waals surface area contributed by atoms with Crippen molar-refractivity contribution in [2.45, 2.75) is 52.9 Å². The second-order valence-corrected chi connectivity index (χ2v) is 5.16. The minimum Gasteiger partial charge on any atom is -0.465 e. The van der Waals surface area contributed by atoms with Gasteiger partial charge in [0, 0.05) is 0 Å². The topological polar surface area (TPSA) is 26.3 Å². The Bertz CT molecular complexity index is 255. The highest BCUT2D eigenvalue weighted by molar-refractivity contribution is 5.71. The lowest BCUT2D eigenvalue weighted by Crippen LogP contribution is -2.18. The minimum absolute atomic E-state index is 0.0194. The zero-order valence-corrected chi connectivity index (χ0v) is 10.8. The fourth-order valence-corrected chi connectivity index (χ4v) is 1.97. The number of ether oxygens (including phenoxy) is 1. The van der Waals surface area contributed by atoms with Crippen LogP contribution in [0.15, 0.2) is 11.6 Å². The van der Waals surface area contributed by atoms with E-state index in [0.29, 0.717) is 12.5 Å². The van der Waals surface area contributed by atoms with Gasteiger partial charge in [-0.3, -0.25) is 4.79 Å². The summed E-state index contributed by atoms with van der Waals surface area (Å²) in [5, 5.41) is 0. The highest BCUT2D eigenvalue weighted by Gasteiger charge is 2.15. The van der Waals surface area contributed by atoms with Crippen molar-refractivity contribution in [1.29, 1.82) is 0 Å². The monoisotopic (exact) mass is 224 g/mol. The third-order valence-corrected chi connectivity index (χ3v) is 3.27. The maximum atomic E-state index is 11.6. The fourth-order valence-electron chi connectivity index (χ4n) is 1.97. The molecule has 0 aromatic rings. The van der Waals surface area contributed by atoms with Gasteiger partial charge in [-0.25, -0.2) is 0 Å². The zero-order valence-electron chi connectivity index (χ0n) is 10.8. The largest absolute Gasteiger partial charge is 0.465 e. The second-order valence-electron chi connectivity index (χ2n) is 5.16. The molecular formula is C14H24O2. The molecule has 0 bridgehead atoms. The van der Waals surface area contributed by atoms with Crippen LogP contribution in [0.2, 0.25) is 0 Å². The van der Waals surface area contributed by atoms with Crippen molar-refractivity contribution in [3.8, 4) is 0 Å². The summed E-state index contributed by atoms with van der Waals surface area (Å²) in [6.07, 6.45) is 7.71. The number of carbonyl (C=O) groups excluding carboxylic acids is 1. The van der Waals surface area contributed by atoms with Gasteiger partial charge in [-0.2, -0.15) is 0 Å². The van der Waals surface area contributed by atoms with Gasteiger partial charge in [-0.05, 0) is 44.9 Å². The normalized spacial score (nSPS) is 32.9. The lowest BCUT2D eigenvalue weighted by atomic mass is 9.99. The highest BCUT2D eigenvalue weighted by atomic mass is 16.5. The molecule has 0 aromatic heterocycles. The van der Waals surface area contributed by atoms with Crippen LogP contribution >= 0.6 is 0 Å². The van der Waals surface area contributed by atoms with E-state index in [2.05, 4.69) is 19.9 Å². The lowest BCUT2D eigenvalue weighted by Gasteiger charge is -2.16. The first kappa shape index (κ1) is 13.3. The van der Waals surface area contributed by atoms with Gasteiger partial charge in [0.25, 0.3) is 0 Å². The van der Waals surface area contributed by atoms with E-state index in [0.717, 1.165) is 32.1 Å². The molecular weight excluding hydrogens is 200 g/mol. The van der Waals surface area contributed by atoms with Crippen LogP contribution < -0.4 is 0 Å². The van der Waals surface area contributed by atoms with E-state index in [1.807, 2.05) is 6.92 Å². The van der Waals surface area contributed by atoms with Gasteiger partial charge in [-0.15, -0.1) is 0 Å². The Hall–Kier alpha value is -0.790. The molecule has 2 atom stereocenters. The van der Waals surface area contributed by atoms with Gasteiger partial charge in [0.05, 0.1) is 12.5 Å². The Labute approximate surface area is 99.1 Å². The Morgan fingerprint density at radius 1 is 1.31 bits per heavy atom. The van der Waals surface area contributed by atoms with Crippen molar-refractivity contribution in [3.05, 3.63) is 11.6 Å². The van der Waals surface area contributed by atoms with E-state index >= 15 is 0 Å². The quantitative estimate of drug-likeness (QED) is 0.463. The summed E-state index contributed by atoms with van der Waals surface area (Å²) in [6.45, 7) is 6.89. The number of cyclic esters (lactones) is 1. The average molecular weight is 224 g/mol. The number of carbonyl (C=O) groups is 1. The van der Waals surface area contributed by atoms with Gasteiger partial charge < -0.3 is 4.74 Å². The van der Waals surface area contributed by atoms with Crippen LogP contribution in [0.5, 0.6) is 0 Å². The molecule has 1 aliphatic rings. The molecule has 0 N–H and O–H groups in total. The molecule has 16 heavy (non-hydrogen) atoms. The Kier molecular flexibility index (Phi) is 5.58. The van der Waals surface area contributed by atoms with E-state index < -0.39 is 0 Å². The van der Waals surface area contributed by atoms with Crippen LogP contribution in [0.1, 0.15) is 52.9 Å². The summed E-state index contributed by atoms with van der Waals surface area (Å²) in [7, 11) is 0. The first-order chi connectivity index (χ1) is 7.59. The molecule has 0 saturated carbocycles. The summed E-state index contributed by atoms with van der Waals surface area (Å²) in [5.74, 6) is 0.508. The smallest absolute Gasteiger partial charge is 0.308 e. The van der Waals surface area contributed by atoms with Crippen molar-refractivity contribution < 1.29 is 9.53 Å². The van der Waals surface area contributed by atoms with Gasteiger partial charge in [0.1, 0.15) is 0 Å². The van der Waals surface area contributed by atoms with Crippen molar-refractivity contribution >= 4 is 5.97 Å². The van der Waals surface area contributed by atoms with Crippen LogP contribution in [0.25, 0.3) is 0 Å². The Morgan fingerprint density at radius 2 is 2.06 bits per heavy atom. The zero-order chi connectivity index (χ0) is 12.0. The molecule has 92 valence electrons. The molecule has 1 unspecified atom stereocenters. The second kappa shape index (κ2) is 6.72. The SMILES string of the molecule is C/C1=C\CCC(C)COC(=O)[C@@H](C)CCC1. The maximum absolute atomic E-state index is 11.6. The summed E-state index contributed by atoms with van der Waals surface area (Å²) in [4.78, 5) is 11.6. The first-order valence-corrected chi connectivity index (χ1v) is 6.42. The van der Waals surface area contributed by atoms with Crippen molar-refractivity contribution in [2.75, 3.05) is 6.61 Å². The van der Waals surface area contributed by atoms with Crippen molar-refractivity contribution in [2.24, 2.45) is 11.8 Å². The third-order valence-electron chi connectivity index (χ3n) is 3.27. The van der Waals surface area contributed by atoms with E-state index in [-0.39, 0.29) is 11.9 Å². The van der Waals surface area contributed by atoms with Gasteiger partial charge in [0.15, 0.2) is 0 Å². The van der Waals surface area contributed by atoms with Crippen LogP contribution in [0.3, 0.4) is 0 Å². The Morgan fingerprint density at radius 3 is 2.81 bits per heavy atom. The molecule has 1 aliphatic heterocycles. The number of esters is 1. The molecule has 0 aromatic carbocycles. The van der Waals surface area contributed by atoms with Gasteiger partial charge >= 0.3 is 5.97 Å². The third kappa shape index (κ3) is 4.82. The molecule has 2 heteroatoms. The highest BCUT2D eigenvalue weighted by Crippen LogP contribution is 2.17. The van der Waals surface area contributed by atoms with Crippen LogP contribution in [-0.2, 0) is 9.53 Å². The first-order valence-electron chi connectivity index (χ1n) is 6.42. The standard InChI is InChI=1S/C14H24O2/c1-11-6-4-8-12(2)10-16-14(15)13(3)9-5-7-11/h6,12-13H,4-5,7-10H2,1-3H3/b11-6+/t12?,13-/m0/s1. The average Bonchev–Trinajstić information content (AvgIpc) is 2.24. The summed E-state index contributed by atoms with van der Waals surface area (Å²) < 4.78 is 5.31. The van der Waals surface area contributed by atoms with Gasteiger partial charge in [0.2, 0.25) is 0 Å². The van der Waals surface area contributed by atoms with Crippen molar-refractivity contribution in [3.63, 3.8) is 0 Å². The number of hydrogen-bond donors (Lipinski definition) is 0. The van der Waals surface area contributed by atoms with Crippen molar-refractivity contribution in [1.82, 2.24) is 0 Å². The number of allylic oxidation sites excluding steroid dienone is 2. The summed E-state index contributed by atoms with van der Waals surface area (Å²) >= 11 is 0. The van der Waals surface area contributed by atoms with E-state index in [1.165, 1.54) is 5.57 Å².